The van der Waals surface area contributed by atoms with Gasteiger partial charge in [0.25, 0.3) is 0 Å². The third kappa shape index (κ3) is 5.04. The number of alkyl halides is 3. The lowest BCUT2D eigenvalue weighted by molar-refractivity contribution is -0.124. The van der Waals surface area contributed by atoms with Crippen LogP contribution in [0.2, 0.25) is 0 Å². The van der Waals surface area contributed by atoms with E-state index in [9.17, 15) is 4.79 Å². The van der Waals surface area contributed by atoms with Crippen molar-refractivity contribution in [1.29, 1.82) is 0 Å². The Morgan fingerprint density at radius 3 is 2.25 bits per heavy atom. The Balaban J connectivity index is 2.93. The van der Waals surface area contributed by atoms with Crippen LogP contribution in [0.15, 0.2) is 18.2 Å². The number of benzene rings is 1. The molecule has 0 radical (unpaired) electrons. The summed E-state index contributed by atoms with van der Waals surface area (Å²) in [6, 6.07) is 5.87. The maximum atomic E-state index is 11.8. The van der Waals surface area contributed by atoms with Crippen LogP contribution in [0.1, 0.15) is 25.0 Å². The largest absolute Gasteiger partial charge is 0.362 e. The molecule has 0 saturated carbocycles. The zero-order valence-corrected chi connectivity index (χ0v) is 14.2. The molecule has 0 aliphatic carbocycles. The van der Waals surface area contributed by atoms with Gasteiger partial charge < -0.3 is 10.6 Å². The van der Waals surface area contributed by atoms with Crippen molar-refractivity contribution in [2.24, 2.45) is 5.92 Å². The highest BCUT2D eigenvalue weighted by Crippen LogP contribution is 2.32. The highest BCUT2D eigenvalue weighted by molar-refractivity contribution is 6.68. The summed E-state index contributed by atoms with van der Waals surface area (Å²) < 4.78 is -1.65. The van der Waals surface area contributed by atoms with E-state index in [-0.39, 0.29) is 11.8 Å². The molecule has 0 aliphatic heterocycles. The van der Waals surface area contributed by atoms with Crippen molar-refractivity contribution in [3.05, 3.63) is 29.3 Å². The van der Waals surface area contributed by atoms with Gasteiger partial charge in [-0.15, -0.1) is 0 Å². The average Bonchev–Trinajstić information content (AvgIpc) is 2.29. The Kier molecular flexibility index (Phi) is 5.99. The molecular weight excluding hydrogens is 319 g/mol. The molecule has 1 amide bonds. The van der Waals surface area contributed by atoms with E-state index in [4.69, 9.17) is 34.8 Å². The van der Waals surface area contributed by atoms with Crippen molar-refractivity contribution in [1.82, 2.24) is 5.32 Å². The molecule has 0 saturated heterocycles. The first kappa shape index (κ1) is 17.4. The third-order valence-corrected chi connectivity index (χ3v) is 3.47. The summed E-state index contributed by atoms with van der Waals surface area (Å²) in [5.74, 6) is -0.371. The van der Waals surface area contributed by atoms with Crippen LogP contribution in [-0.4, -0.2) is 15.9 Å². The Hall–Kier alpha value is -0.640. The Morgan fingerprint density at radius 1 is 1.20 bits per heavy atom. The SMILES string of the molecule is Cc1ccc(N[C@H](NC(=O)C(C)C)C(Cl)(Cl)Cl)c(C)c1. The molecule has 3 nitrogen and oxygen atoms in total. The monoisotopic (exact) mass is 336 g/mol. The molecule has 2 N–H and O–H groups in total. The van der Waals surface area contributed by atoms with Crippen LogP contribution in [0.4, 0.5) is 5.69 Å². The van der Waals surface area contributed by atoms with Gasteiger partial charge in [0.15, 0.2) is 0 Å². The summed E-state index contributed by atoms with van der Waals surface area (Å²) >= 11 is 17.8. The maximum Gasteiger partial charge on any atom is 0.228 e. The lowest BCUT2D eigenvalue weighted by atomic mass is 10.1. The van der Waals surface area contributed by atoms with Crippen LogP contribution in [0.3, 0.4) is 0 Å². The van der Waals surface area contributed by atoms with Crippen LogP contribution < -0.4 is 10.6 Å². The average molecular weight is 338 g/mol. The van der Waals surface area contributed by atoms with Gasteiger partial charge in [-0.3, -0.25) is 4.79 Å². The first-order valence-electron chi connectivity index (χ1n) is 6.32. The van der Waals surface area contributed by atoms with E-state index >= 15 is 0 Å². The standard InChI is InChI=1S/C14H19Cl3N2O/c1-8(2)12(20)19-13(14(15,16)17)18-11-6-5-9(3)7-10(11)4/h5-8,13,18H,1-4H3,(H,19,20)/t13-/m1/s1. The van der Waals surface area contributed by atoms with E-state index < -0.39 is 9.96 Å². The molecule has 20 heavy (non-hydrogen) atoms. The van der Waals surface area contributed by atoms with E-state index in [1.807, 2.05) is 32.0 Å². The van der Waals surface area contributed by atoms with Gasteiger partial charge in [-0.2, -0.15) is 0 Å². The Morgan fingerprint density at radius 2 is 1.80 bits per heavy atom. The van der Waals surface area contributed by atoms with Crippen molar-refractivity contribution in [2.45, 2.75) is 37.7 Å². The minimum atomic E-state index is -1.65. The van der Waals surface area contributed by atoms with Gasteiger partial charge >= 0.3 is 0 Å². The number of hydrogen-bond donors (Lipinski definition) is 2. The molecule has 0 fully saturated rings. The Labute approximate surface area is 135 Å². The molecule has 0 aromatic heterocycles. The van der Waals surface area contributed by atoms with E-state index in [0.717, 1.165) is 16.8 Å². The smallest absolute Gasteiger partial charge is 0.228 e. The van der Waals surface area contributed by atoms with Gasteiger partial charge in [0.2, 0.25) is 9.70 Å². The number of amides is 1. The van der Waals surface area contributed by atoms with Crippen molar-refractivity contribution in [2.75, 3.05) is 5.32 Å². The summed E-state index contributed by atoms with van der Waals surface area (Å²) in [6.07, 6.45) is -0.802. The molecular formula is C14H19Cl3N2O. The molecule has 1 aromatic carbocycles. The number of carbonyl (C=O) groups is 1. The zero-order chi connectivity index (χ0) is 15.5. The van der Waals surface area contributed by atoms with Crippen LogP contribution in [0.5, 0.6) is 0 Å². The van der Waals surface area contributed by atoms with Crippen molar-refractivity contribution < 1.29 is 4.79 Å². The normalized spacial score (nSPS) is 13.2. The predicted molar refractivity (Wildman–Crippen MR) is 86.6 cm³/mol. The highest BCUT2D eigenvalue weighted by atomic mass is 35.6. The number of hydrogen-bond acceptors (Lipinski definition) is 2. The minimum Gasteiger partial charge on any atom is -0.362 e. The van der Waals surface area contributed by atoms with E-state index in [0.29, 0.717) is 0 Å². The second-order valence-corrected chi connectivity index (χ2v) is 7.47. The fraction of sp³-hybridized carbons (Fsp3) is 0.500. The highest BCUT2D eigenvalue weighted by Gasteiger charge is 2.34. The zero-order valence-electron chi connectivity index (χ0n) is 11.9. The maximum absolute atomic E-state index is 11.8. The number of anilines is 1. The van der Waals surface area contributed by atoms with Crippen LogP contribution in [0.25, 0.3) is 0 Å². The predicted octanol–water partition coefficient (Wildman–Crippen LogP) is 4.18. The summed E-state index contributed by atoms with van der Waals surface area (Å²) in [5, 5.41) is 5.77. The molecule has 1 aromatic rings. The molecule has 6 heteroatoms. The number of carbonyl (C=O) groups excluding carboxylic acids is 1. The second kappa shape index (κ2) is 6.88. The molecule has 0 bridgehead atoms. The molecule has 1 atom stereocenters. The van der Waals surface area contributed by atoms with Crippen molar-refractivity contribution in [3.63, 3.8) is 0 Å². The van der Waals surface area contributed by atoms with Gasteiger partial charge in [0, 0.05) is 11.6 Å². The quantitative estimate of drug-likeness (QED) is 0.639. The van der Waals surface area contributed by atoms with Crippen LogP contribution in [-0.2, 0) is 4.79 Å². The molecule has 0 aliphatic rings. The summed E-state index contributed by atoms with van der Waals surface area (Å²) in [5.41, 5.74) is 2.98. The van der Waals surface area contributed by atoms with Gasteiger partial charge in [-0.25, -0.2) is 0 Å². The van der Waals surface area contributed by atoms with E-state index in [1.54, 1.807) is 13.8 Å². The van der Waals surface area contributed by atoms with Gasteiger partial charge in [0.1, 0.15) is 6.17 Å². The van der Waals surface area contributed by atoms with E-state index in [2.05, 4.69) is 10.6 Å². The van der Waals surface area contributed by atoms with Crippen molar-refractivity contribution >= 4 is 46.4 Å². The topological polar surface area (TPSA) is 41.1 Å². The van der Waals surface area contributed by atoms with Gasteiger partial charge in [-0.05, 0) is 25.5 Å². The summed E-state index contributed by atoms with van der Waals surface area (Å²) in [7, 11) is 0. The number of aryl methyl sites for hydroxylation is 2. The molecule has 112 valence electrons. The first-order valence-corrected chi connectivity index (χ1v) is 7.45. The lowest BCUT2D eigenvalue weighted by Gasteiger charge is -2.28. The molecule has 0 unspecified atom stereocenters. The van der Waals surface area contributed by atoms with Crippen molar-refractivity contribution in [3.8, 4) is 0 Å². The Bertz CT molecular complexity index is 484. The number of nitrogens with one attached hydrogen (secondary N) is 2. The minimum absolute atomic E-state index is 0.182. The lowest BCUT2D eigenvalue weighted by Crippen LogP contribution is -2.50. The van der Waals surface area contributed by atoms with Crippen LogP contribution in [0, 0.1) is 19.8 Å². The number of halogens is 3. The molecule has 0 spiro atoms. The fourth-order valence-electron chi connectivity index (χ4n) is 1.64. The summed E-state index contributed by atoms with van der Waals surface area (Å²) in [4.78, 5) is 11.8. The second-order valence-electron chi connectivity index (χ2n) is 5.10. The van der Waals surface area contributed by atoms with E-state index in [1.165, 1.54) is 0 Å². The van der Waals surface area contributed by atoms with Crippen LogP contribution >= 0.6 is 34.8 Å². The fourth-order valence-corrected chi connectivity index (χ4v) is 1.97. The van der Waals surface area contributed by atoms with Gasteiger partial charge in [0.05, 0.1) is 0 Å². The third-order valence-electron chi connectivity index (χ3n) is 2.82. The summed E-state index contributed by atoms with van der Waals surface area (Å²) in [6.45, 7) is 7.52. The molecule has 1 rings (SSSR count). The van der Waals surface area contributed by atoms with Gasteiger partial charge in [-0.1, -0.05) is 66.3 Å². The molecule has 0 heterocycles. The first-order chi connectivity index (χ1) is 9.11. The number of rotatable bonds is 4.